The third-order valence-corrected chi connectivity index (χ3v) is 7.00. The first-order valence-corrected chi connectivity index (χ1v) is 11.0. The summed E-state index contributed by atoms with van der Waals surface area (Å²) < 4.78 is 0. The molecule has 2 aromatic carbocycles. The smallest absolute Gasteiger partial charge is 0.136 e. The molecule has 0 spiro atoms. The zero-order valence-corrected chi connectivity index (χ0v) is 17.9. The van der Waals surface area contributed by atoms with E-state index in [2.05, 4.69) is 27.3 Å². The molecule has 0 bridgehead atoms. The van der Waals surface area contributed by atoms with Crippen molar-refractivity contribution in [1.29, 1.82) is 0 Å². The number of nitrogens with zero attached hydrogens (tertiary/aromatic N) is 3. The molecule has 7 atom stereocenters. The Bertz CT molecular complexity index is 1040. The van der Waals surface area contributed by atoms with E-state index in [9.17, 15) is 15.3 Å². The van der Waals surface area contributed by atoms with Crippen LogP contribution in [0.1, 0.15) is 12.5 Å². The summed E-state index contributed by atoms with van der Waals surface area (Å²) in [5.74, 6) is 0.128. The number of aliphatic hydroxyl groups excluding tert-OH is 3. The van der Waals surface area contributed by atoms with Gasteiger partial charge in [0.05, 0.1) is 18.1 Å². The SMILES string of the molecule is C[C@H]1C(CO)C(O)C(O)C1N1C=C(c2ccccc2)C2C(Nc3ccccc3)=NC=NC21. The lowest BCUT2D eigenvalue weighted by molar-refractivity contribution is -0.0152. The molecule has 7 nitrogen and oxygen atoms in total. The largest absolute Gasteiger partial charge is 0.396 e. The standard InChI is InChI=1S/C25H28N4O3/c1-15-19(13-30)22(31)23(32)21(15)29-12-18(16-8-4-2-5-9-16)20-24(26-14-27-25(20)29)28-17-10-6-3-7-11-17/h2-12,14-15,19-23,25,30-32H,13H2,1H3,(H,26,27,28)/t15-,19?,20?,21?,22?,23?,25?/m0/s1. The first kappa shape index (κ1) is 20.9. The molecule has 0 aromatic heterocycles. The van der Waals surface area contributed by atoms with Gasteiger partial charge in [0.15, 0.2) is 0 Å². The van der Waals surface area contributed by atoms with Gasteiger partial charge in [0.1, 0.15) is 24.4 Å². The molecule has 1 aliphatic carbocycles. The fraction of sp³-hybridized carbons (Fsp3) is 0.360. The molecule has 4 N–H and O–H groups in total. The van der Waals surface area contributed by atoms with Crippen LogP contribution in [0.2, 0.25) is 0 Å². The van der Waals surface area contributed by atoms with E-state index in [4.69, 9.17) is 4.99 Å². The highest BCUT2D eigenvalue weighted by Crippen LogP contribution is 2.45. The van der Waals surface area contributed by atoms with Crippen LogP contribution in [-0.2, 0) is 0 Å². The molecular formula is C25H28N4O3. The summed E-state index contributed by atoms with van der Waals surface area (Å²) in [7, 11) is 0. The van der Waals surface area contributed by atoms with Crippen molar-refractivity contribution in [3.63, 3.8) is 0 Å². The van der Waals surface area contributed by atoms with Crippen molar-refractivity contribution < 1.29 is 15.3 Å². The molecule has 3 aliphatic rings. The minimum Gasteiger partial charge on any atom is -0.396 e. The van der Waals surface area contributed by atoms with Crippen LogP contribution >= 0.6 is 0 Å². The van der Waals surface area contributed by atoms with Crippen molar-refractivity contribution in [1.82, 2.24) is 4.90 Å². The fourth-order valence-electron chi connectivity index (χ4n) is 5.32. The van der Waals surface area contributed by atoms with Gasteiger partial charge < -0.3 is 25.5 Å². The second-order valence-corrected chi connectivity index (χ2v) is 8.74. The molecule has 0 saturated heterocycles. The van der Waals surface area contributed by atoms with Crippen molar-refractivity contribution in [2.75, 3.05) is 11.9 Å². The zero-order valence-electron chi connectivity index (χ0n) is 17.9. The average molecular weight is 433 g/mol. The Morgan fingerprint density at radius 3 is 2.31 bits per heavy atom. The second-order valence-electron chi connectivity index (χ2n) is 8.74. The van der Waals surface area contributed by atoms with Crippen LogP contribution in [0.4, 0.5) is 5.69 Å². The Kier molecular flexibility index (Phi) is 5.55. The monoisotopic (exact) mass is 432 g/mol. The molecule has 6 unspecified atom stereocenters. The van der Waals surface area contributed by atoms with Crippen LogP contribution in [0.3, 0.4) is 0 Å². The number of aliphatic imine (C=N–C) groups is 2. The van der Waals surface area contributed by atoms with Crippen molar-refractivity contribution in [2.45, 2.75) is 31.3 Å². The van der Waals surface area contributed by atoms with Crippen molar-refractivity contribution in [3.05, 3.63) is 72.4 Å². The number of aliphatic hydroxyl groups is 3. The fourth-order valence-corrected chi connectivity index (χ4v) is 5.32. The first-order chi connectivity index (χ1) is 15.6. The highest BCUT2D eigenvalue weighted by atomic mass is 16.3. The van der Waals surface area contributed by atoms with Gasteiger partial charge in [0, 0.05) is 24.4 Å². The van der Waals surface area contributed by atoms with Crippen LogP contribution in [0.25, 0.3) is 5.57 Å². The predicted octanol–water partition coefficient (Wildman–Crippen LogP) is 2.19. The highest BCUT2D eigenvalue weighted by Gasteiger charge is 2.53. The zero-order chi connectivity index (χ0) is 22.2. The Hall–Kier alpha value is -3.00. The maximum absolute atomic E-state index is 10.9. The van der Waals surface area contributed by atoms with Crippen molar-refractivity contribution in [2.24, 2.45) is 27.7 Å². The molecule has 2 aliphatic heterocycles. The summed E-state index contributed by atoms with van der Waals surface area (Å²) in [6, 6.07) is 19.6. The van der Waals surface area contributed by atoms with E-state index in [1.165, 1.54) is 0 Å². The number of rotatable bonds is 4. The van der Waals surface area contributed by atoms with E-state index in [0.717, 1.165) is 22.7 Å². The van der Waals surface area contributed by atoms with Gasteiger partial charge in [0.2, 0.25) is 0 Å². The summed E-state index contributed by atoms with van der Waals surface area (Å²) in [5, 5.41) is 34.7. The van der Waals surface area contributed by atoms with Gasteiger partial charge in [-0.25, -0.2) is 9.98 Å². The maximum atomic E-state index is 10.9. The molecule has 0 radical (unpaired) electrons. The number of amidine groups is 1. The van der Waals surface area contributed by atoms with Gasteiger partial charge in [-0.3, -0.25) is 0 Å². The lowest BCUT2D eigenvalue weighted by atomic mass is 9.90. The average Bonchev–Trinajstić information content (AvgIpc) is 3.30. The van der Waals surface area contributed by atoms with E-state index in [-0.39, 0.29) is 36.6 Å². The van der Waals surface area contributed by atoms with Crippen LogP contribution in [-0.4, -0.2) is 63.4 Å². The molecule has 2 aromatic rings. The van der Waals surface area contributed by atoms with Gasteiger partial charge in [-0.05, 0) is 29.2 Å². The number of para-hydroxylation sites is 1. The molecule has 2 heterocycles. The lowest BCUT2D eigenvalue weighted by Crippen LogP contribution is -2.49. The predicted molar refractivity (Wildman–Crippen MR) is 125 cm³/mol. The van der Waals surface area contributed by atoms with Crippen LogP contribution in [0, 0.1) is 17.8 Å². The Morgan fingerprint density at radius 2 is 1.66 bits per heavy atom. The molecule has 7 heteroatoms. The van der Waals surface area contributed by atoms with E-state index in [1.54, 1.807) is 6.34 Å². The van der Waals surface area contributed by atoms with Crippen LogP contribution in [0.5, 0.6) is 0 Å². The molecule has 5 rings (SSSR count). The number of benzene rings is 2. The van der Waals surface area contributed by atoms with Gasteiger partial charge in [-0.2, -0.15) is 0 Å². The second kappa shape index (κ2) is 8.50. The number of hydrogen-bond donors (Lipinski definition) is 4. The highest BCUT2D eigenvalue weighted by molar-refractivity contribution is 6.09. The molecule has 1 saturated carbocycles. The summed E-state index contributed by atoms with van der Waals surface area (Å²) in [6.45, 7) is 1.80. The van der Waals surface area contributed by atoms with Crippen LogP contribution < -0.4 is 5.32 Å². The number of hydrogen-bond acceptors (Lipinski definition) is 7. The molecule has 1 fully saturated rings. The molecule has 32 heavy (non-hydrogen) atoms. The quantitative estimate of drug-likeness (QED) is 0.593. The minimum atomic E-state index is -0.978. The number of anilines is 1. The summed E-state index contributed by atoms with van der Waals surface area (Å²) in [4.78, 5) is 11.3. The van der Waals surface area contributed by atoms with E-state index < -0.39 is 12.2 Å². The third kappa shape index (κ3) is 3.43. The number of nitrogens with one attached hydrogen (secondary N) is 1. The Balaban J connectivity index is 1.54. The van der Waals surface area contributed by atoms with Crippen LogP contribution in [0.15, 0.2) is 76.8 Å². The van der Waals surface area contributed by atoms with Gasteiger partial charge >= 0.3 is 0 Å². The minimum absolute atomic E-state index is 0.114. The van der Waals surface area contributed by atoms with Gasteiger partial charge in [0.25, 0.3) is 0 Å². The van der Waals surface area contributed by atoms with Gasteiger partial charge in [-0.15, -0.1) is 0 Å². The first-order valence-electron chi connectivity index (χ1n) is 11.0. The third-order valence-electron chi connectivity index (χ3n) is 7.00. The van der Waals surface area contributed by atoms with E-state index >= 15 is 0 Å². The van der Waals surface area contributed by atoms with Gasteiger partial charge in [-0.1, -0.05) is 55.5 Å². The number of fused-ring (bicyclic) bond motifs is 1. The Morgan fingerprint density at radius 1 is 0.969 bits per heavy atom. The van der Waals surface area contributed by atoms with E-state index in [0.29, 0.717) is 0 Å². The lowest BCUT2D eigenvalue weighted by Gasteiger charge is -2.37. The van der Waals surface area contributed by atoms with E-state index in [1.807, 2.05) is 61.7 Å². The topological polar surface area (TPSA) is 101 Å². The summed E-state index contributed by atoms with van der Waals surface area (Å²) in [6.07, 6.45) is 1.35. The normalized spacial score (nSPS) is 33.6. The maximum Gasteiger partial charge on any atom is 0.136 e. The molecule has 166 valence electrons. The molecule has 0 amide bonds. The van der Waals surface area contributed by atoms with Crippen molar-refractivity contribution >= 4 is 23.4 Å². The molecular weight excluding hydrogens is 404 g/mol. The summed E-state index contributed by atoms with van der Waals surface area (Å²) in [5.41, 5.74) is 3.05. The van der Waals surface area contributed by atoms with Crippen molar-refractivity contribution in [3.8, 4) is 0 Å². The summed E-state index contributed by atoms with van der Waals surface area (Å²) >= 11 is 0. The Labute approximate surface area is 187 Å².